The normalized spacial score (nSPS) is 20.9. The number of ether oxygens (including phenoxy) is 1. The molecule has 1 saturated carbocycles. The molecular weight excluding hydrogens is 427 g/mol. The number of anilines is 1. The highest BCUT2D eigenvalue weighted by Crippen LogP contribution is 2.47. The smallest absolute Gasteiger partial charge is 0.140 e. The molecule has 1 N–H and O–H groups in total. The molecular formula is C28H31FN4O. The lowest BCUT2D eigenvalue weighted by Crippen LogP contribution is -2.35. The maximum atomic E-state index is 14.0. The largest absolute Gasteiger partial charge is 0.456 e. The van der Waals surface area contributed by atoms with Crippen LogP contribution in [0.4, 0.5) is 10.1 Å². The SMILES string of the molecule is C[C@H]1CCc2c(ccc(-c3cnn(C4CCNCC4)c3)c2Oc2cccc(F)c2)N1[C]C1CC1. The number of fused-ring (bicyclic) bond motifs is 1. The van der Waals surface area contributed by atoms with Crippen LogP contribution in [0.5, 0.6) is 11.5 Å². The molecule has 0 unspecified atom stereocenters. The van der Waals surface area contributed by atoms with Crippen LogP contribution in [0, 0.1) is 18.3 Å². The Balaban J connectivity index is 1.41. The minimum atomic E-state index is -0.298. The molecule has 1 aromatic heterocycles. The molecule has 2 aliphatic heterocycles. The van der Waals surface area contributed by atoms with Gasteiger partial charge in [0.25, 0.3) is 0 Å². The lowest BCUT2D eigenvalue weighted by molar-refractivity contribution is 0.343. The van der Waals surface area contributed by atoms with Crippen LogP contribution in [0.25, 0.3) is 11.1 Å². The van der Waals surface area contributed by atoms with Crippen molar-refractivity contribution < 1.29 is 9.13 Å². The van der Waals surface area contributed by atoms with E-state index in [-0.39, 0.29) is 5.82 Å². The van der Waals surface area contributed by atoms with Gasteiger partial charge in [0, 0.05) is 40.7 Å². The van der Waals surface area contributed by atoms with Gasteiger partial charge in [-0.25, -0.2) is 4.39 Å². The molecule has 6 rings (SSSR count). The summed E-state index contributed by atoms with van der Waals surface area (Å²) in [5.41, 5.74) is 4.37. The Morgan fingerprint density at radius 1 is 1.09 bits per heavy atom. The number of hydrogen-bond acceptors (Lipinski definition) is 4. The third-order valence-electron chi connectivity index (χ3n) is 7.26. The summed E-state index contributed by atoms with van der Waals surface area (Å²) in [5, 5.41) is 8.14. The van der Waals surface area contributed by atoms with Crippen molar-refractivity contribution in [1.29, 1.82) is 0 Å². The van der Waals surface area contributed by atoms with Crippen molar-refractivity contribution in [2.45, 2.75) is 57.5 Å². The van der Waals surface area contributed by atoms with Crippen LogP contribution in [0.2, 0.25) is 0 Å². The second-order valence-electron chi connectivity index (χ2n) is 9.85. The van der Waals surface area contributed by atoms with Crippen molar-refractivity contribution >= 4 is 5.69 Å². The third-order valence-corrected chi connectivity index (χ3v) is 7.26. The molecule has 2 fully saturated rings. The molecule has 3 heterocycles. The van der Waals surface area contributed by atoms with E-state index in [2.05, 4.69) is 46.7 Å². The summed E-state index contributed by atoms with van der Waals surface area (Å²) < 4.78 is 22.6. The number of aromatic nitrogens is 2. The second-order valence-corrected chi connectivity index (χ2v) is 9.85. The predicted molar refractivity (Wildman–Crippen MR) is 132 cm³/mol. The van der Waals surface area contributed by atoms with Gasteiger partial charge in [0.1, 0.15) is 17.3 Å². The van der Waals surface area contributed by atoms with Crippen molar-refractivity contribution in [1.82, 2.24) is 15.1 Å². The fourth-order valence-electron chi connectivity index (χ4n) is 5.15. The molecule has 0 amide bonds. The summed E-state index contributed by atoms with van der Waals surface area (Å²) in [7, 11) is 0. The van der Waals surface area contributed by atoms with Crippen LogP contribution < -0.4 is 15.0 Å². The number of halogens is 1. The number of benzene rings is 2. The van der Waals surface area contributed by atoms with Crippen molar-refractivity contribution in [2.75, 3.05) is 18.0 Å². The molecule has 5 nitrogen and oxygen atoms in total. The molecule has 176 valence electrons. The topological polar surface area (TPSA) is 42.3 Å². The summed E-state index contributed by atoms with van der Waals surface area (Å²) in [5.74, 6) is 1.58. The van der Waals surface area contributed by atoms with Gasteiger partial charge < -0.3 is 15.0 Å². The highest BCUT2D eigenvalue weighted by molar-refractivity contribution is 5.78. The predicted octanol–water partition coefficient (Wildman–Crippen LogP) is 6.00. The van der Waals surface area contributed by atoms with Gasteiger partial charge in [-0.05, 0) is 88.7 Å². The average molecular weight is 459 g/mol. The summed E-state index contributed by atoms with van der Waals surface area (Å²) in [4.78, 5) is 2.32. The molecule has 0 spiro atoms. The van der Waals surface area contributed by atoms with Gasteiger partial charge >= 0.3 is 0 Å². The van der Waals surface area contributed by atoms with Gasteiger partial charge in [-0.15, -0.1) is 0 Å². The Morgan fingerprint density at radius 2 is 1.94 bits per heavy atom. The van der Waals surface area contributed by atoms with E-state index in [1.165, 1.54) is 30.5 Å². The van der Waals surface area contributed by atoms with Gasteiger partial charge in [0.05, 0.1) is 18.8 Å². The monoisotopic (exact) mass is 458 g/mol. The van der Waals surface area contributed by atoms with Gasteiger partial charge in [0.15, 0.2) is 0 Å². The molecule has 1 saturated heterocycles. The van der Waals surface area contributed by atoms with Crippen LogP contribution >= 0.6 is 0 Å². The Labute approximate surface area is 200 Å². The zero-order valence-electron chi connectivity index (χ0n) is 19.6. The first-order valence-electron chi connectivity index (χ1n) is 12.6. The lowest BCUT2D eigenvalue weighted by Gasteiger charge is -2.37. The highest BCUT2D eigenvalue weighted by Gasteiger charge is 2.33. The molecule has 2 radical (unpaired) electrons. The molecule has 1 atom stereocenters. The van der Waals surface area contributed by atoms with Gasteiger partial charge in [0.2, 0.25) is 0 Å². The van der Waals surface area contributed by atoms with Crippen LogP contribution in [0.3, 0.4) is 0 Å². The number of hydrogen-bond donors (Lipinski definition) is 1. The highest BCUT2D eigenvalue weighted by atomic mass is 19.1. The van der Waals surface area contributed by atoms with Crippen LogP contribution in [0.15, 0.2) is 48.8 Å². The number of nitrogens with zero attached hydrogens (tertiary/aromatic N) is 3. The van der Waals surface area contributed by atoms with E-state index in [1.807, 2.05) is 12.3 Å². The maximum absolute atomic E-state index is 14.0. The molecule has 2 aromatic carbocycles. The van der Waals surface area contributed by atoms with E-state index < -0.39 is 0 Å². The molecule has 3 aromatic rings. The quantitative estimate of drug-likeness (QED) is 0.492. The first-order valence-corrected chi connectivity index (χ1v) is 12.6. The first kappa shape index (κ1) is 21.7. The van der Waals surface area contributed by atoms with Crippen LogP contribution in [0.1, 0.15) is 50.6 Å². The molecule has 6 heteroatoms. The van der Waals surface area contributed by atoms with E-state index in [1.54, 1.807) is 6.07 Å². The maximum Gasteiger partial charge on any atom is 0.140 e. The van der Waals surface area contributed by atoms with Crippen LogP contribution in [-0.4, -0.2) is 28.9 Å². The van der Waals surface area contributed by atoms with E-state index in [9.17, 15) is 4.39 Å². The summed E-state index contributed by atoms with van der Waals surface area (Å²) in [6.07, 6.45) is 10.6. The Morgan fingerprint density at radius 3 is 2.74 bits per heavy atom. The van der Waals surface area contributed by atoms with Crippen molar-refractivity contribution in [3.05, 3.63) is 66.7 Å². The second kappa shape index (κ2) is 9.06. The fourth-order valence-corrected chi connectivity index (χ4v) is 5.15. The van der Waals surface area contributed by atoms with Crippen LogP contribution in [-0.2, 0) is 6.42 Å². The van der Waals surface area contributed by atoms with E-state index in [0.29, 0.717) is 23.8 Å². The minimum absolute atomic E-state index is 0.298. The fraction of sp³-hybridized carbons (Fsp3) is 0.429. The zero-order valence-corrected chi connectivity index (χ0v) is 19.6. The summed E-state index contributed by atoms with van der Waals surface area (Å²) in [6, 6.07) is 11.6. The van der Waals surface area contributed by atoms with Crippen molar-refractivity contribution in [3.8, 4) is 22.6 Å². The van der Waals surface area contributed by atoms with E-state index in [4.69, 9.17) is 9.84 Å². The number of nitrogens with one attached hydrogen (secondary N) is 1. The Bertz CT molecular complexity index is 1160. The number of piperidine rings is 1. The standard InChI is InChI=1S/C28H31FN4O/c1-19-5-8-26-27(32(19)17-20-6-7-20)10-9-25(28(26)34-24-4-2-3-22(29)15-24)21-16-31-33(18-21)23-11-13-30-14-12-23/h2-4,9-10,15-16,18-20,23,30H,5-8,11-14H2,1H3/t19-/m0/s1. The molecule has 34 heavy (non-hydrogen) atoms. The van der Waals surface area contributed by atoms with Gasteiger partial charge in [-0.1, -0.05) is 6.07 Å². The van der Waals surface area contributed by atoms with Gasteiger partial charge in [-0.3, -0.25) is 4.68 Å². The average Bonchev–Trinajstić information content (AvgIpc) is 3.54. The minimum Gasteiger partial charge on any atom is -0.456 e. The van der Waals surface area contributed by atoms with Gasteiger partial charge in [-0.2, -0.15) is 5.10 Å². The van der Waals surface area contributed by atoms with Crippen molar-refractivity contribution in [2.24, 2.45) is 5.92 Å². The third kappa shape index (κ3) is 4.31. The molecule has 3 aliphatic rings. The van der Waals surface area contributed by atoms with Crippen molar-refractivity contribution in [3.63, 3.8) is 0 Å². The summed E-state index contributed by atoms with van der Waals surface area (Å²) >= 11 is 0. The summed E-state index contributed by atoms with van der Waals surface area (Å²) in [6.45, 7) is 8.01. The Kier molecular flexibility index (Phi) is 5.77. The Hall–Kier alpha value is -2.86. The van der Waals surface area contributed by atoms with E-state index in [0.717, 1.165) is 61.3 Å². The zero-order chi connectivity index (χ0) is 23.1. The van der Waals surface area contributed by atoms with E-state index >= 15 is 0 Å². The number of rotatable bonds is 6. The molecule has 0 bridgehead atoms. The molecule has 1 aliphatic carbocycles. The lowest BCUT2D eigenvalue weighted by atomic mass is 9.92. The first-order chi connectivity index (χ1) is 16.7.